The fourth-order valence-corrected chi connectivity index (χ4v) is 2.09. The minimum atomic E-state index is 0.527. The Morgan fingerprint density at radius 3 is 3.14 bits per heavy atom. The Bertz CT molecular complexity index is 348. The standard InChI is InChI=1S/C13H15N/c1-2-3-10-14-13-9-8-11-6-4-5-7-12(11)13/h1,4-7,13-14H,3,8-10H2. The van der Waals surface area contributed by atoms with Crippen LogP contribution in [0.2, 0.25) is 0 Å². The first-order chi connectivity index (χ1) is 6.92. The van der Waals surface area contributed by atoms with Gasteiger partial charge in [-0.2, -0.15) is 0 Å². The number of hydrogen-bond acceptors (Lipinski definition) is 1. The largest absolute Gasteiger partial charge is 0.309 e. The summed E-state index contributed by atoms with van der Waals surface area (Å²) < 4.78 is 0. The SMILES string of the molecule is C#CCCNC1CCc2ccccc21. The van der Waals surface area contributed by atoms with Crippen molar-refractivity contribution in [2.45, 2.75) is 25.3 Å². The van der Waals surface area contributed by atoms with Gasteiger partial charge in [0.05, 0.1) is 0 Å². The zero-order chi connectivity index (χ0) is 9.80. The lowest BCUT2D eigenvalue weighted by Gasteiger charge is -2.12. The molecule has 0 aliphatic heterocycles. The minimum absolute atomic E-state index is 0.527. The lowest BCUT2D eigenvalue weighted by molar-refractivity contribution is 0.539. The fraction of sp³-hybridized carbons (Fsp3) is 0.385. The number of hydrogen-bond donors (Lipinski definition) is 1. The molecule has 1 heteroatoms. The summed E-state index contributed by atoms with van der Waals surface area (Å²) in [5.41, 5.74) is 2.95. The monoisotopic (exact) mass is 185 g/mol. The summed E-state index contributed by atoms with van der Waals surface area (Å²) >= 11 is 0. The molecule has 1 aliphatic rings. The van der Waals surface area contributed by atoms with E-state index in [1.807, 2.05) is 0 Å². The highest BCUT2D eigenvalue weighted by atomic mass is 14.9. The van der Waals surface area contributed by atoms with Gasteiger partial charge in [-0.1, -0.05) is 24.3 Å². The van der Waals surface area contributed by atoms with Crippen molar-refractivity contribution < 1.29 is 0 Å². The highest BCUT2D eigenvalue weighted by molar-refractivity contribution is 5.34. The van der Waals surface area contributed by atoms with Crippen LogP contribution in [0.15, 0.2) is 24.3 Å². The lowest BCUT2D eigenvalue weighted by atomic mass is 10.1. The molecule has 0 heterocycles. The fourth-order valence-electron chi connectivity index (χ4n) is 2.09. The van der Waals surface area contributed by atoms with Crippen molar-refractivity contribution in [1.29, 1.82) is 0 Å². The van der Waals surface area contributed by atoms with E-state index < -0.39 is 0 Å². The number of terminal acetylenes is 1. The molecule has 0 saturated heterocycles. The first-order valence-electron chi connectivity index (χ1n) is 5.16. The van der Waals surface area contributed by atoms with Gasteiger partial charge in [0.25, 0.3) is 0 Å². The van der Waals surface area contributed by atoms with E-state index in [1.165, 1.54) is 24.0 Å². The van der Waals surface area contributed by atoms with E-state index in [4.69, 9.17) is 6.42 Å². The Balaban J connectivity index is 2.00. The maximum Gasteiger partial charge on any atom is 0.0326 e. The van der Waals surface area contributed by atoms with Crippen LogP contribution in [0.3, 0.4) is 0 Å². The summed E-state index contributed by atoms with van der Waals surface area (Å²) in [5.74, 6) is 2.65. The summed E-state index contributed by atoms with van der Waals surface area (Å²) in [6, 6.07) is 9.19. The van der Waals surface area contributed by atoms with Gasteiger partial charge in [-0.15, -0.1) is 12.3 Å². The molecule has 1 unspecified atom stereocenters. The average Bonchev–Trinajstić information content (AvgIpc) is 2.63. The second-order valence-electron chi connectivity index (χ2n) is 3.70. The second kappa shape index (κ2) is 4.30. The topological polar surface area (TPSA) is 12.0 Å². The van der Waals surface area contributed by atoms with E-state index in [0.717, 1.165) is 13.0 Å². The van der Waals surface area contributed by atoms with Crippen molar-refractivity contribution in [3.8, 4) is 12.3 Å². The van der Waals surface area contributed by atoms with Crippen LogP contribution in [0, 0.1) is 12.3 Å². The molecular weight excluding hydrogens is 170 g/mol. The molecule has 1 atom stereocenters. The third kappa shape index (κ3) is 1.81. The third-order valence-electron chi connectivity index (χ3n) is 2.79. The first kappa shape index (κ1) is 9.30. The van der Waals surface area contributed by atoms with Crippen LogP contribution in [-0.4, -0.2) is 6.54 Å². The normalized spacial score (nSPS) is 18.9. The van der Waals surface area contributed by atoms with E-state index in [2.05, 4.69) is 35.5 Å². The molecule has 0 bridgehead atoms. The van der Waals surface area contributed by atoms with Crippen molar-refractivity contribution in [2.75, 3.05) is 6.54 Å². The molecular formula is C13H15N. The van der Waals surface area contributed by atoms with Crippen LogP contribution in [-0.2, 0) is 6.42 Å². The Hall–Kier alpha value is -1.26. The molecule has 1 aromatic carbocycles. The molecule has 1 aliphatic carbocycles. The molecule has 2 rings (SSSR count). The highest BCUT2D eigenvalue weighted by Gasteiger charge is 2.20. The van der Waals surface area contributed by atoms with Crippen molar-refractivity contribution in [1.82, 2.24) is 5.32 Å². The quantitative estimate of drug-likeness (QED) is 0.562. The molecule has 1 N–H and O–H groups in total. The van der Waals surface area contributed by atoms with Crippen molar-refractivity contribution in [3.05, 3.63) is 35.4 Å². The molecule has 0 amide bonds. The van der Waals surface area contributed by atoms with Gasteiger partial charge >= 0.3 is 0 Å². The van der Waals surface area contributed by atoms with Crippen LogP contribution in [0.5, 0.6) is 0 Å². The summed E-state index contributed by atoms with van der Waals surface area (Å²) in [7, 11) is 0. The molecule has 14 heavy (non-hydrogen) atoms. The molecule has 0 saturated carbocycles. The zero-order valence-corrected chi connectivity index (χ0v) is 8.29. The molecule has 0 aromatic heterocycles. The van der Waals surface area contributed by atoms with Crippen molar-refractivity contribution in [3.63, 3.8) is 0 Å². The Labute approximate surface area is 85.5 Å². The lowest BCUT2D eigenvalue weighted by Crippen LogP contribution is -2.19. The zero-order valence-electron chi connectivity index (χ0n) is 8.29. The van der Waals surface area contributed by atoms with Gasteiger partial charge in [0.15, 0.2) is 0 Å². The van der Waals surface area contributed by atoms with E-state index in [0.29, 0.717) is 6.04 Å². The van der Waals surface area contributed by atoms with Gasteiger partial charge < -0.3 is 5.32 Å². The summed E-state index contributed by atoms with van der Waals surface area (Å²) in [4.78, 5) is 0. The number of benzene rings is 1. The van der Waals surface area contributed by atoms with E-state index in [-0.39, 0.29) is 0 Å². The number of nitrogens with one attached hydrogen (secondary N) is 1. The average molecular weight is 185 g/mol. The molecule has 0 radical (unpaired) electrons. The van der Waals surface area contributed by atoms with Gasteiger partial charge in [-0.05, 0) is 24.0 Å². The maximum absolute atomic E-state index is 5.22. The minimum Gasteiger partial charge on any atom is -0.309 e. The van der Waals surface area contributed by atoms with E-state index in [1.54, 1.807) is 0 Å². The molecule has 0 spiro atoms. The van der Waals surface area contributed by atoms with Crippen LogP contribution in [0.1, 0.15) is 30.0 Å². The second-order valence-corrected chi connectivity index (χ2v) is 3.70. The van der Waals surface area contributed by atoms with Gasteiger partial charge in [0.2, 0.25) is 0 Å². The molecule has 0 fully saturated rings. The van der Waals surface area contributed by atoms with Crippen LogP contribution in [0.4, 0.5) is 0 Å². The molecule has 1 nitrogen and oxygen atoms in total. The summed E-state index contributed by atoms with van der Waals surface area (Å²) in [5, 5.41) is 3.50. The smallest absolute Gasteiger partial charge is 0.0326 e. The highest BCUT2D eigenvalue weighted by Crippen LogP contribution is 2.30. The van der Waals surface area contributed by atoms with Gasteiger partial charge in [-0.3, -0.25) is 0 Å². The first-order valence-corrected chi connectivity index (χ1v) is 5.16. The van der Waals surface area contributed by atoms with Crippen molar-refractivity contribution >= 4 is 0 Å². The van der Waals surface area contributed by atoms with E-state index in [9.17, 15) is 0 Å². The van der Waals surface area contributed by atoms with E-state index >= 15 is 0 Å². The Morgan fingerprint density at radius 1 is 1.43 bits per heavy atom. The number of aryl methyl sites for hydroxylation is 1. The summed E-state index contributed by atoms with van der Waals surface area (Å²) in [6.45, 7) is 0.926. The number of fused-ring (bicyclic) bond motifs is 1. The Kier molecular flexibility index (Phi) is 2.86. The van der Waals surface area contributed by atoms with Crippen LogP contribution in [0.25, 0.3) is 0 Å². The maximum atomic E-state index is 5.22. The van der Waals surface area contributed by atoms with Crippen molar-refractivity contribution in [2.24, 2.45) is 0 Å². The van der Waals surface area contributed by atoms with Crippen LogP contribution >= 0.6 is 0 Å². The Morgan fingerprint density at radius 2 is 2.29 bits per heavy atom. The third-order valence-corrected chi connectivity index (χ3v) is 2.79. The van der Waals surface area contributed by atoms with Gasteiger partial charge in [-0.25, -0.2) is 0 Å². The van der Waals surface area contributed by atoms with Gasteiger partial charge in [0, 0.05) is 19.0 Å². The molecule has 72 valence electrons. The van der Waals surface area contributed by atoms with Crippen LogP contribution < -0.4 is 5.32 Å². The predicted molar refractivity (Wildman–Crippen MR) is 59.0 cm³/mol. The molecule has 1 aromatic rings. The summed E-state index contributed by atoms with van der Waals surface area (Å²) in [6.07, 6.45) is 8.45. The van der Waals surface area contributed by atoms with Gasteiger partial charge in [0.1, 0.15) is 0 Å². The predicted octanol–water partition coefficient (Wildman–Crippen LogP) is 2.29. The number of rotatable bonds is 3.